The Bertz CT molecular complexity index is 389. The minimum absolute atomic E-state index is 0.0764. The topological polar surface area (TPSA) is 46.9 Å². The molecular formula is C10H13N3O. The fraction of sp³-hybridized carbons (Fsp3) is 0.400. The van der Waals surface area contributed by atoms with Gasteiger partial charge in [-0.05, 0) is 12.5 Å². The van der Waals surface area contributed by atoms with Crippen LogP contribution in [0.15, 0.2) is 17.1 Å². The standard InChI is InChI=1S/C10H13N3O/c1-3-4-11-5-6-13-10(14)7-9(2)8-12-13/h1,7-8,11H,4-6H2,2H3. The molecule has 0 unspecified atom stereocenters. The van der Waals surface area contributed by atoms with Crippen LogP contribution in [0.2, 0.25) is 0 Å². The molecule has 0 atom stereocenters. The monoisotopic (exact) mass is 191 g/mol. The highest BCUT2D eigenvalue weighted by atomic mass is 16.1. The lowest BCUT2D eigenvalue weighted by molar-refractivity contribution is 0.546. The van der Waals surface area contributed by atoms with Crippen LogP contribution in [0.25, 0.3) is 0 Å². The average Bonchev–Trinajstić information content (AvgIpc) is 2.15. The number of nitrogens with one attached hydrogen (secondary N) is 1. The molecule has 0 saturated carbocycles. The van der Waals surface area contributed by atoms with Gasteiger partial charge in [-0.2, -0.15) is 5.10 Å². The van der Waals surface area contributed by atoms with E-state index in [1.807, 2.05) is 6.92 Å². The largest absolute Gasteiger partial charge is 0.304 e. The molecular weight excluding hydrogens is 178 g/mol. The predicted molar refractivity (Wildman–Crippen MR) is 54.9 cm³/mol. The second-order valence-electron chi connectivity index (χ2n) is 2.98. The van der Waals surface area contributed by atoms with E-state index < -0.39 is 0 Å². The van der Waals surface area contributed by atoms with E-state index >= 15 is 0 Å². The molecule has 1 rings (SSSR count). The Labute approximate surface area is 82.9 Å². The lowest BCUT2D eigenvalue weighted by atomic mass is 10.3. The molecule has 1 aromatic rings. The van der Waals surface area contributed by atoms with Gasteiger partial charge in [0.2, 0.25) is 0 Å². The normalized spacial score (nSPS) is 9.71. The SMILES string of the molecule is C#CCNCCn1ncc(C)cc1=O. The molecule has 4 heteroatoms. The van der Waals surface area contributed by atoms with E-state index in [2.05, 4.69) is 16.3 Å². The second kappa shape index (κ2) is 5.20. The molecule has 0 spiro atoms. The Balaban J connectivity index is 2.52. The van der Waals surface area contributed by atoms with Crippen LogP contribution >= 0.6 is 0 Å². The van der Waals surface area contributed by atoms with Crippen LogP contribution in [0, 0.1) is 19.3 Å². The van der Waals surface area contributed by atoms with E-state index in [1.54, 1.807) is 12.3 Å². The predicted octanol–water partition coefficient (Wildman–Crippen LogP) is -0.225. The number of hydrogen-bond donors (Lipinski definition) is 1. The fourth-order valence-electron chi connectivity index (χ4n) is 1.04. The van der Waals surface area contributed by atoms with Crippen LogP contribution in [0.5, 0.6) is 0 Å². The summed E-state index contributed by atoms with van der Waals surface area (Å²) in [5.41, 5.74) is 0.801. The van der Waals surface area contributed by atoms with E-state index in [9.17, 15) is 4.79 Å². The van der Waals surface area contributed by atoms with Gasteiger partial charge in [-0.3, -0.25) is 4.79 Å². The first-order valence-electron chi connectivity index (χ1n) is 4.42. The number of hydrogen-bond acceptors (Lipinski definition) is 3. The molecule has 0 aromatic carbocycles. The second-order valence-corrected chi connectivity index (χ2v) is 2.98. The van der Waals surface area contributed by atoms with Crippen molar-refractivity contribution in [2.45, 2.75) is 13.5 Å². The van der Waals surface area contributed by atoms with E-state index in [4.69, 9.17) is 6.42 Å². The van der Waals surface area contributed by atoms with Gasteiger partial charge in [-0.25, -0.2) is 4.68 Å². The van der Waals surface area contributed by atoms with Crippen molar-refractivity contribution in [3.63, 3.8) is 0 Å². The number of aromatic nitrogens is 2. The third-order valence-electron chi connectivity index (χ3n) is 1.73. The Kier molecular flexibility index (Phi) is 3.89. The van der Waals surface area contributed by atoms with E-state index in [0.29, 0.717) is 19.6 Å². The summed E-state index contributed by atoms with van der Waals surface area (Å²) in [6.07, 6.45) is 6.73. The summed E-state index contributed by atoms with van der Waals surface area (Å²) >= 11 is 0. The third kappa shape index (κ3) is 3.04. The molecule has 0 bridgehead atoms. The van der Waals surface area contributed by atoms with Gasteiger partial charge in [0.15, 0.2) is 0 Å². The molecule has 74 valence electrons. The first-order chi connectivity index (χ1) is 6.74. The molecule has 1 aromatic heterocycles. The first kappa shape index (κ1) is 10.5. The lowest BCUT2D eigenvalue weighted by Gasteiger charge is -2.03. The molecule has 1 N–H and O–H groups in total. The van der Waals surface area contributed by atoms with Crippen LogP contribution in [-0.2, 0) is 6.54 Å². The summed E-state index contributed by atoms with van der Waals surface area (Å²) < 4.78 is 1.41. The van der Waals surface area contributed by atoms with Gasteiger partial charge in [0, 0.05) is 12.6 Å². The van der Waals surface area contributed by atoms with Crippen LogP contribution in [-0.4, -0.2) is 22.9 Å². The van der Waals surface area contributed by atoms with Gasteiger partial charge in [0.05, 0.1) is 19.3 Å². The third-order valence-corrected chi connectivity index (χ3v) is 1.73. The average molecular weight is 191 g/mol. The van der Waals surface area contributed by atoms with Gasteiger partial charge < -0.3 is 5.32 Å². The molecule has 0 saturated heterocycles. The van der Waals surface area contributed by atoms with Gasteiger partial charge in [0.1, 0.15) is 0 Å². The maximum absolute atomic E-state index is 11.3. The summed E-state index contributed by atoms with van der Waals surface area (Å²) in [6.45, 7) is 3.55. The Morgan fingerprint density at radius 3 is 3.14 bits per heavy atom. The summed E-state index contributed by atoms with van der Waals surface area (Å²) in [5, 5.41) is 6.98. The molecule has 0 radical (unpaired) electrons. The van der Waals surface area contributed by atoms with Crippen molar-refractivity contribution in [2.75, 3.05) is 13.1 Å². The number of rotatable bonds is 4. The van der Waals surface area contributed by atoms with Crippen LogP contribution < -0.4 is 10.9 Å². The summed E-state index contributed by atoms with van der Waals surface area (Å²) in [4.78, 5) is 11.3. The number of aryl methyl sites for hydroxylation is 1. The maximum atomic E-state index is 11.3. The van der Waals surface area contributed by atoms with Crippen molar-refractivity contribution >= 4 is 0 Å². The molecule has 0 fully saturated rings. The highest BCUT2D eigenvalue weighted by Gasteiger charge is 1.95. The van der Waals surface area contributed by atoms with Crippen molar-refractivity contribution in [3.05, 3.63) is 28.2 Å². The van der Waals surface area contributed by atoms with Gasteiger partial charge in [-0.15, -0.1) is 6.42 Å². The van der Waals surface area contributed by atoms with Crippen LogP contribution in [0.4, 0.5) is 0 Å². The van der Waals surface area contributed by atoms with E-state index in [1.165, 1.54) is 4.68 Å². The Hall–Kier alpha value is -1.60. The highest BCUT2D eigenvalue weighted by molar-refractivity contribution is 5.02. The highest BCUT2D eigenvalue weighted by Crippen LogP contribution is 1.85. The van der Waals surface area contributed by atoms with Crippen molar-refractivity contribution < 1.29 is 0 Å². The molecule has 4 nitrogen and oxygen atoms in total. The van der Waals surface area contributed by atoms with Gasteiger partial charge >= 0.3 is 0 Å². The zero-order valence-electron chi connectivity index (χ0n) is 8.16. The molecule has 0 aliphatic heterocycles. The summed E-state index contributed by atoms with van der Waals surface area (Å²) in [5.74, 6) is 2.46. The molecule has 0 aliphatic carbocycles. The van der Waals surface area contributed by atoms with Crippen molar-refractivity contribution in [1.29, 1.82) is 0 Å². The minimum Gasteiger partial charge on any atom is -0.304 e. The Morgan fingerprint density at radius 2 is 2.50 bits per heavy atom. The van der Waals surface area contributed by atoms with E-state index in [0.717, 1.165) is 5.56 Å². The quantitative estimate of drug-likeness (QED) is 0.528. The van der Waals surface area contributed by atoms with Crippen molar-refractivity contribution in [3.8, 4) is 12.3 Å². The summed E-state index contributed by atoms with van der Waals surface area (Å²) in [7, 11) is 0. The molecule has 0 aliphatic rings. The van der Waals surface area contributed by atoms with Crippen LogP contribution in [0.1, 0.15) is 5.56 Å². The minimum atomic E-state index is -0.0764. The lowest BCUT2D eigenvalue weighted by Crippen LogP contribution is -2.28. The molecule has 0 amide bonds. The number of terminal acetylenes is 1. The fourth-order valence-corrected chi connectivity index (χ4v) is 1.04. The first-order valence-corrected chi connectivity index (χ1v) is 4.42. The van der Waals surface area contributed by atoms with Gasteiger partial charge in [0.25, 0.3) is 5.56 Å². The zero-order valence-corrected chi connectivity index (χ0v) is 8.16. The zero-order chi connectivity index (χ0) is 10.4. The van der Waals surface area contributed by atoms with Crippen molar-refractivity contribution in [1.82, 2.24) is 15.1 Å². The summed E-state index contributed by atoms with van der Waals surface area (Å²) in [6, 6.07) is 1.56. The Morgan fingerprint density at radius 1 is 1.71 bits per heavy atom. The molecule has 1 heterocycles. The molecule has 14 heavy (non-hydrogen) atoms. The van der Waals surface area contributed by atoms with Crippen molar-refractivity contribution in [2.24, 2.45) is 0 Å². The maximum Gasteiger partial charge on any atom is 0.267 e. The smallest absolute Gasteiger partial charge is 0.267 e. The van der Waals surface area contributed by atoms with Gasteiger partial charge in [-0.1, -0.05) is 5.92 Å². The number of nitrogens with zero attached hydrogens (tertiary/aromatic N) is 2. The van der Waals surface area contributed by atoms with E-state index in [-0.39, 0.29) is 5.56 Å². The van der Waals surface area contributed by atoms with Crippen LogP contribution in [0.3, 0.4) is 0 Å².